The van der Waals surface area contributed by atoms with Crippen molar-refractivity contribution in [1.29, 1.82) is 0 Å². The standard InChI is InChI=1S/C11H8F5N3O2/c12-10(13)20-6-3-1-5(2-4-6)7(17)8-18-9(21-19-8)11(14,15)16/h1-4,7,10H,17H2. The number of nitrogens with two attached hydrogens (primary N) is 1. The van der Waals surface area contributed by atoms with Crippen molar-refractivity contribution in [2.24, 2.45) is 5.73 Å². The van der Waals surface area contributed by atoms with Crippen molar-refractivity contribution in [2.45, 2.75) is 18.8 Å². The van der Waals surface area contributed by atoms with Crippen LogP contribution in [0.5, 0.6) is 5.75 Å². The van der Waals surface area contributed by atoms with Gasteiger partial charge in [-0.25, -0.2) is 0 Å². The third kappa shape index (κ3) is 3.66. The summed E-state index contributed by atoms with van der Waals surface area (Å²) < 4.78 is 69.1. The van der Waals surface area contributed by atoms with Gasteiger partial charge in [-0.2, -0.15) is 26.9 Å². The van der Waals surface area contributed by atoms with Crippen molar-refractivity contribution >= 4 is 0 Å². The molecular weight excluding hydrogens is 301 g/mol. The van der Waals surface area contributed by atoms with Crippen LogP contribution < -0.4 is 10.5 Å². The minimum atomic E-state index is -4.76. The van der Waals surface area contributed by atoms with Gasteiger partial charge in [-0.3, -0.25) is 0 Å². The highest BCUT2D eigenvalue weighted by Crippen LogP contribution is 2.29. The van der Waals surface area contributed by atoms with Gasteiger partial charge in [-0.05, 0) is 17.7 Å². The topological polar surface area (TPSA) is 74.2 Å². The van der Waals surface area contributed by atoms with Gasteiger partial charge in [0.05, 0.1) is 6.04 Å². The highest BCUT2D eigenvalue weighted by atomic mass is 19.4. The lowest BCUT2D eigenvalue weighted by atomic mass is 10.1. The van der Waals surface area contributed by atoms with Crippen LogP contribution in [0.1, 0.15) is 23.3 Å². The van der Waals surface area contributed by atoms with Gasteiger partial charge in [0.15, 0.2) is 5.82 Å². The number of rotatable bonds is 4. The summed E-state index contributed by atoms with van der Waals surface area (Å²) in [6.07, 6.45) is -4.76. The second-order valence-electron chi connectivity index (χ2n) is 3.88. The van der Waals surface area contributed by atoms with Gasteiger partial charge in [0.2, 0.25) is 0 Å². The average Bonchev–Trinajstić information content (AvgIpc) is 2.87. The Labute approximate surface area is 114 Å². The fourth-order valence-corrected chi connectivity index (χ4v) is 1.48. The molecule has 0 fully saturated rings. The molecule has 2 rings (SSSR count). The summed E-state index contributed by atoms with van der Waals surface area (Å²) in [5.41, 5.74) is 5.99. The van der Waals surface area contributed by atoms with Gasteiger partial charge in [0, 0.05) is 0 Å². The summed E-state index contributed by atoms with van der Waals surface area (Å²) in [7, 11) is 0. The first-order valence-electron chi connectivity index (χ1n) is 5.48. The Hall–Kier alpha value is -2.23. The molecule has 10 heteroatoms. The second kappa shape index (κ2) is 5.64. The highest BCUT2D eigenvalue weighted by Gasteiger charge is 2.39. The quantitative estimate of drug-likeness (QED) is 0.879. The van der Waals surface area contributed by atoms with Gasteiger partial charge in [0.25, 0.3) is 0 Å². The number of benzene rings is 1. The normalized spacial score (nSPS) is 13.5. The molecule has 1 unspecified atom stereocenters. The summed E-state index contributed by atoms with van der Waals surface area (Å²) in [6, 6.07) is 3.93. The van der Waals surface area contributed by atoms with E-state index < -0.39 is 24.7 Å². The van der Waals surface area contributed by atoms with Crippen molar-refractivity contribution in [2.75, 3.05) is 0 Å². The monoisotopic (exact) mass is 309 g/mol. The number of alkyl halides is 5. The molecule has 0 spiro atoms. The fourth-order valence-electron chi connectivity index (χ4n) is 1.48. The zero-order valence-electron chi connectivity index (χ0n) is 10.1. The van der Waals surface area contributed by atoms with Crippen LogP contribution in [0, 0.1) is 0 Å². The van der Waals surface area contributed by atoms with E-state index in [0.29, 0.717) is 5.56 Å². The third-order valence-electron chi connectivity index (χ3n) is 2.43. The largest absolute Gasteiger partial charge is 0.471 e. The van der Waals surface area contributed by atoms with E-state index in [2.05, 4.69) is 19.4 Å². The van der Waals surface area contributed by atoms with Crippen molar-refractivity contribution < 1.29 is 31.2 Å². The molecule has 0 bridgehead atoms. The molecule has 0 saturated heterocycles. The summed E-state index contributed by atoms with van der Waals surface area (Å²) in [5.74, 6) is -1.99. The van der Waals surface area contributed by atoms with Gasteiger partial charge < -0.3 is 15.0 Å². The molecule has 2 aromatic rings. The number of halogens is 5. The molecule has 0 saturated carbocycles. The van der Waals surface area contributed by atoms with Crippen molar-refractivity contribution in [1.82, 2.24) is 10.1 Å². The summed E-state index contributed by atoms with van der Waals surface area (Å²) in [6.45, 7) is -2.98. The van der Waals surface area contributed by atoms with Crippen LogP contribution in [0.15, 0.2) is 28.8 Å². The third-order valence-corrected chi connectivity index (χ3v) is 2.43. The van der Waals surface area contributed by atoms with E-state index in [4.69, 9.17) is 5.73 Å². The Kier molecular flexibility index (Phi) is 4.07. The number of hydrogen-bond donors (Lipinski definition) is 1. The minimum Gasteiger partial charge on any atom is -0.435 e. The molecular formula is C11H8F5N3O2. The first kappa shape index (κ1) is 15.2. The molecule has 21 heavy (non-hydrogen) atoms. The maximum Gasteiger partial charge on any atom is 0.471 e. The molecule has 0 aliphatic heterocycles. The first-order valence-corrected chi connectivity index (χ1v) is 5.48. The summed E-state index contributed by atoms with van der Waals surface area (Å²) >= 11 is 0. The van der Waals surface area contributed by atoms with Crippen LogP contribution in [-0.4, -0.2) is 16.8 Å². The lowest BCUT2D eigenvalue weighted by molar-refractivity contribution is -0.159. The zero-order chi connectivity index (χ0) is 15.6. The number of nitrogens with zero attached hydrogens (tertiary/aromatic N) is 2. The first-order chi connectivity index (χ1) is 9.77. The van der Waals surface area contributed by atoms with E-state index in [1.54, 1.807) is 0 Å². The van der Waals surface area contributed by atoms with E-state index in [0.717, 1.165) is 0 Å². The van der Waals surface area contributed by atoms with E-state index in [1.807, 2.05) is 0 Å². The number of hydrogen-bond acceptors (Lipinski definition) is 5. The molecule has 1 heterocycles. The van der Waals surface area contributed by atoms with Crippen molar-refractivity contribution in [3.63, 3.8) is 0 Å². The molecule has 0 aliphatic rings. The molecule has 114 valence electrons. The molecule has 2 N–H and O–H groups in total. The van der Waals surface area contributed by atoms with Gasteiger partial charge in [-0.15, -0.1) is 0 Å². The fraction of sp³-hybridized carbons (Fsp3) is 0.273. The van der Waals surface area contributed by atoms with E-state index in [9.17, 15) is 22.0 Å². The van der Waals surface area contributed by atoms with E-state index in [1.165, 1.54) is 24.3 Å². The summed E-state index contributed by atoms with van der Waals surface area (Å²) in [5, 5.41) is 3.15. The molecule has 0 aliphatic carbocycles. The average molecular weight is 309 g/mol. The lowest BCUT2D eigenvalue weighted by Crippen LogP contribution is -2.14. The van der Waals surface area contributed by atoms with Gasteiger partial charge in [0.1, 0.15) is 5.75 Å². The molecule has 1 aromatic heterocycles. The van der Waals surface area contributed by atoms with Crippen molar-refractivity contribution in [3.8, 4) is 5.75 Å². The smallest absolute Gasteiger partial charge is 0.435 e. The van der Waals surface area contributed by atoms with Gasteiger partial charge >= 0.3 is 18.7 Å². The maximum absolute atomic E-state index is 12.3. The molecule has 0 radical (unpaired) electrons. The molecule has 1 aromatic carbocycles. The Morgan fingerprint density at radius 3 is 2.24 bits per heavy atom. The van der Waals surface area contributed by atoms with Crippen molar-refractivity contribution in [3.05, 3.63) is 41.5 Å². The maximum atomic E-state index is 12.3. The predicted octanol–water partition coefficient (Wildman–Crippen LogP) is 2.74. The zero-order valence-corrected chi connectivity index (χ0v) is 10.1. The van der Waals surface area contributed by atoms with Crippen LogP contribution in [-0.2, 0) is 6.18 Å². The molecule has 5 nitrogen and oxygen atoms in total. The SMILES string of the molecule is NC(c1ccc(OC(F)F)cc1)c1noc(C(F)(F)F)n1. The highest BCUT2D eigenvalue weighted by molar-refractivity contribution is 5.31. The molecule has 1 atom stereocenters. The lowest BCUT2D eigenvalue weighted by Gasteiger charge is -2.09. The predicted molar refractivity (Wildman–Crippen MR) is 58.4 cm³/mol. The Morgan fingerprint density at radius 1 is 1.14 bits per heavy atom. The summed E-state index contributed by atoms with van der Waals surface area (Å²) in [4.78, 5) is 3.15. The number of aromatic nitrogens is 2. The van der Waals surface area contributed by atoms with Gasteiger partial charge in [-0.1, -0.05) is 17.3 Å². The van der Waals surface area contributed by atoms with Crippen LogP contribution >= 0.6 is 0 Å². The van der Waals surface area contributed by atoms with Crippen LogP contribution in [0.3, 0.4) is 0 Å². The van der Waals surface area contributed by atoms with E-state index in [-0.39, 0.29) is 11.6 Å². The Balaban J connectivity index is 2.16. The van der Waals surface area contributed by atoms with Crippen LogP contribution in [0.2, 0.25) is 0 Å². The Morgan fingerprint density at radius 2 is 1.76 bits per heavy atom. The van der Waals surface area contributed by atoms with Crippen LogP contribution in [0.25, 0.3) is 0 Å². The Bertz CT molecular complexity index is 597. The van der Waals surface area contributed by atoms with Crippen LogP contribution in [0.4, 0.5) is 22.0 Å². The molecule has 0 amide bonds. The second-order valence-corrected chi connectivity index (χ2v) is 3.88. The number of ether oxygens (including phenoxy) is 1. The minimum absolute atomic E-state index is 0.106. The van der Waals surface area contributed by atoms with E-state index >= 15 is 0 Å².